The molecule has 1 aromatic heterocycles. The smallest absolute Gasteiger partial charge is 0.241 e. The second-order valence-electron chi connectivity index (χ2n) is 4.44. The van der Waals surface area contributed by atoms with Crippen molar-refractivity contribution in [2.24, 2.45) is 0 Å². The molecular formula is C11H18N4O. The van der Waals surface area contributed by atoms with Crippen molar-refractivity contribution in [2.45, 2.75) is 45.2 Å². The van der Waals surface area contributed by atoms with Gasteiger partial charge < -0.3 is 11.1 Å². The number of nitrogen functional groups attached to an aromatic ring is 1. The van der Waals surface area contributed by atoms with Gasteiger partial charge in [-0.1, -0.05) is 12.8 Å². The molecule has 1 fully saturated rings. The third-order valence-corrected chi connectivity index (χ3v) is 3.01. The predicted octanol–water partition coefficient (Wildman–Crippen LogP) is 0.833. The van der Waals surface area contributed by atoms with Crippen molar-refractivity contribution in [3.8, 4) is 0 Å². The van der Waals surface area contributed by atoms with Crippen LogP contribution in [-0.2, 0) is 11.3 Å². The van der Waals surface area contributed by atoms with Crippen LogP contribution in [0.3, 0.4) is 0 Å². The number of hydrogen-bond acceptors (Lipinski definition) is 3. The molecular weight excluding hydrogens is 204 g/mol. The number of aryl methyl sites for hydroxylation is 1. The first-order valence-corrected chi connectivity index (χ1v) is 5.74. The summed E-state index contributed by atoms with van der Waals surface area (Å²) in [5, 5.41) is 7.07. The third kappa shape index (κ3) is 2.53. The summed E-state index contributed by atoms with van der Waals surface area (Å²) in [6, 6.07) is 0.363. The first-order valence-electron chi connectivity index (χ1n) is 5.74. The Morgan fingerprint density at radius 1 is 1.62 bits per heavy atom. The van der Waals surface area contributed by atoms with E-state index >= 15 is 0 Å². The number of nitrogens with one attached hydrogen (secondary N) is 1. The Morgan fingerprint density at radius 2 is 2.31 bits per heavy atom. The normalized spacial score (nSPS) is 16.6. The Hall–Kier alpha value is -1.52. The largest absolute Gasteiger partial charge is 0.382 e. The third-order valence-electron chi connectivity index (χ3n) is 3.01. The minimum Gasteiger partial charge on any atom is -0.382 e. The first-order chi connectivity index (χ1) is 7.65. The molecule has 1 aromatic rings. The fourth-order valence-electron chi connectivity index (χ4n) is 2.11. The molecule has 3 N–H and O–H groups in total. The number of carbonyl (C=O) groups is 1. The van der Waals surface area contributed by atoms with E-state index in [1.54, 1.807) is 10.9 Å². The number of nitrogens with two attached hydrogens (primary N) is 1. The van der Waals surface area contributed by atoms with E-state index in [0.29, 0.717) is 11.9 Å². The maximum absolute atomic E-state index is 11.7. The summed E-state index contributed by atoms with van der Waals surface area (Å²) >= 11 is 0. The highest BCUT2D eigenvalue weighted by molar-refractivity contribution is 5.76. The standard InChI is InChI=1S/C11H18N4O/c1-8-6-15(14-11(8)12)7-10(16)13-9-4-2-3-5-9/h6,9H,2-5,7H2,1H3,(H2,12,14)(H,13,16). The molecule has 0 aromatic carbocycles. The van der Waals surface area contributed by atoms with E-state index in [9.17, 15) is 4.79 Å². The second kappa shape index (κ2) is 4.55. The molecule has 1 aliphatic rings. The fraction of sp³-hybridized carbons (Fsp3) is 0.636. The lowest BCUT2D eigenvalue weighted by Crippen LogP contribution is -2.35. The summed E-state index contributed by atoms with van der Waals surface area (Å²) in [5.41, 5.74) is 6.53. The van der Waals surface area contributed by atoms with E-state index in [1.807, 2.05) is 6.92 Å². The van der Waals surface area contributed by atoms with Gasteiger partial charge >= 0.3 is 0 Å². The molecule has 0 atom stereocenters. The van der Waals surface area contributed by atoms with Gasteiger partial charge in [-0.05, 0) is 19.8 Å². The van der Waals surface area contributed by atoms with Crippen molar-refractivity contribution in [1.29, 1.82) is 0 Å². The van der Waals surface area contributed by atoms with E-state index in [1.165, 1.54) is 12.8 Å². The Bertz CT molecular complexity index is 360. The lowest BCUT2D eigenvalue weighted by atomic mass is 10.2. The lowest BCUT2D eigenvalue weighted by Gasteiger charge is -2.11. The Balaban J connectivity index is 1.86. The van der Waals surface area contributed by atoms with E-state index in [4.69, 9.17) is 5.73 Å². The van der Waals surface area contributed by atoms with Gasteiger partial charge in [-0.3, -0.25) is 9.48 Å². The molecule has 5 heteroatoms. The summed E-state index contributed by atoms with van der Waals surface area (Å²) in [6.45, 7) is 2.14. The van der Waals surface area contributed by atoms with Gasteiger partial charge in [0.15, 0.2) is 0 Å². The minimum absolute atomic E-state index is 0.0226. The van der Waals surface area contributed by atoms with E-state index < -0.39 is 0 Å². The quantitative estimate of drug-likeness (QED) is 0.795. The topological polar surface area (TPSA) is 72.9 Å². The average Bonchev–Trinajstić information content (AvgIpc) is 2.78. The molecule has 0 saturated heterocycles. The minimum atomic E-state index is 0.0226. The monoisotopic (exact) mass is 222 g/mol. The van der Waals surface area contributed by atoms with Crippen LogP contribution in [-0.4, -0.2) is 21.7 Å². The SMILES string of the molecule is Cc1cn(CC(=O)NC2CCCC2)nc1N. The Labute approximate surface area is 95.0 Å². The van der Waals surface area contributed by atoms with Crippen LogP contribution in [0.2, 0.25) is 0 Å². The van der Waals surface area contributed by atoms with E-state index in [2.05, 4.69) is 10.4 Å². The van der Waals surface area contributed by atoms with E-state index in [0.717, 1.165) is 18.4 Å². The molecule has 0 bridgehead atoms. The highest BCUT2D eigenvalue weighted by Gasteiger charge is 2.17. The van der Waals surface area contributed by atoms with Crippen LogP contribution in [0.5, 0.6) is 0 Å². The van der Waals surface area contributed by atoms with Crippen LogP contribution < -0.4 is 11.1 Å². The molecule has 0 unspecified atom stereocenters. The highest BCUT2D eigenvalue weighted by Crippen LogP contribution is 2.17. The fourth-order valence-corrected chi connectivity index (χ4v) is 2.11. The van der Waals surface area contributed by atoms with Crippen LogP contribution in [0, 0.1) is 6.92 Å². The summed E-state index contributed by atoms with van der Waals surface area (Å²) in [5.74, 6) is 0.517. The first kappa shape index (κ1) is 11.0. The summed E-state index contributed by atoms with van der Waals surface area (Å²) in [7, 11) is 0. The van der Waals surface area contributed by atoms with Gasteiger partial charge in [-0.2, -0.15) is 5.10 Å². The van der Waals surface area contributed by atoms with Crippen LogP contribution in [0.1, 0.15) is 31.2 Å². The van der Waals surface area contributed by atoms with Gasteiger partial charge in [0.25, 0.3) is 0 Å². The summed E-state index contributed by atoms with van der Waals surface area (Å²) in [6.07, 6.45) is 6.44. The van der Waals surface area contributed by atoms with Crippen molar-refractivity contribution in [2.75, 3.05) is 5.73 Å². The molecule has 0 radical (unpaired) electrons. The van der Waals surface area contributed by atoms with Crippen LogP contribution in [0.25, 0.3) is 0 Å². The zero-order valence-electron chi connectivity index (χ0n) is 9.57. The molecule has 0 aliphatic heterocycles. The number of carbonyl (C=O) groups excluding carboxylic acids is 1. The summed E-state index contributed by atoms with van der Waals surface area (Å²) < 4.78 is 1.59. The molecule has 2 rings (SSSR count). The predicted molar refractivity (Wildman–Crippen MR) is 61.8 cm³/mol. The van der Waals surface area contributed by atoms with Crippen molar-refractivity contribution in [1.82, 2.24) is 15.1 Å². The van der Waals surface area contributed by atoms with Gasteiger partial charge in [0, 0.05) is 17.8 Å². The van der Waals surface area contributed by atoms with E-state index in [-0.39, 0.29) is 12.5 Å². The van der Waals surface area contributed by atoms with Gasteiger partial charge in [0.2, 0.25) is 5.91 Å². The molecule has 1 amide bonds. The van der Waals surface area contributed by atoms with Gasteiger partial charge in [0.05, 0.1) is 0 Å². The molecule has 1 saturated carbocycles. The van der Waals surface area contributed by atoms with Crippen LogP contribution >= 0.6 is 0 Å². The summed E-state index contributed by atoms with van der Waals surface area (Å²) in [4.78, 5) is 11.7. The Morgan fingerprint density at radius 3 is 2.88 bits per heavy atom. The molecule has 5 nitrogen and oxygen atoms in total. The number of aromatic nitrogens is 2. The van der Waals surface area contributed by atoms with Crippen LogP contribution in [0.4, 0.5) is 5.82 Å². The lowest BCUT2D eigenvalue weighted by molar-refractivity contribution is -0.122. The zero-order valence-corrected chi connectivity index (χ0v) is 9.57. The molecule has 0 spiro atoms. The Kier molecular flexibility index (Phi) is 3.12. The van der Waals surface area contributed by atoms with Crippen LogP contribution in [0.15, 0.2) is 6.20 Å². The van der Waals surface area contributed by atoms with Crippen molar-refractivity contribution in [3.63, 3.8) is 0 Å². The number of hydrogen-bond donors (Lipinski definition) is 2. The number of anilines is 1. The number of rotatable bonds is 3. The molecule has 1 heterocycles. The zero-order chi connectivity index (χ0) is 11.5. The number of nitrogens with zero attached hydrogens (tertiary/aromatic N) is 2. The molecule has 1 aliphatic carbocycles. The van der Waals surface area contributed by atoms with Gasteiger partial charge in [-0.15, -0.1) is 0 Å². The maximum Gasteiger partial charge on any atom is 0.241 e. The van der Waals surface area contributed by atoms with Crippen molar-refractivity contribution >= 4 is 11.7 Å². The average molecular weight is 222 g/mol. The second-order valence-corrected chi connectivity index (χ2v) is 4.44. The number of amides is 1. The highest BCUT2D eigenvalue weighted by atomic mass is 16.2. The molecule has 88 valence electrons. The molecule has 16 heavy (non-hydrogen) atoms. The van der Waals surface area contributed by atoms with Crippen molar-refractivity contribution in [3.05, 3.63) is 11.8 Å². The van der Waals surface area contributed by atoms with Gasteiger partial charge in [0.1, 0.15) is 12.4 Å². The van der Waals surface area contributed by atoms with Crippen molar-refractivity contribution < 1.29 is 4.79 Å². The van der Waals surface area contributed by atoms with Gasteiger partial charge in [-0.25, -0.2) is 0 Å². The maximum atomic E-state index is 11.7.